The van der Waals surface area contributed by atoms with E-state index in [4.69, 9.17) is 44.3 Å². The van der Waals surface area contributed by atoms with E-state index in [9.17, 15) is 0 Å². The van der Waals surface area contributed by atoms with Crippen molar-refractivity contribution >= 4 is 135 Å². The standard InChI is InChI=1S/Ca.Cl4Si.2ClH.Mg.4H/c;1-5(2,3)4;;;;;;;/h;;2*1H;;;;;/q+2;;;;+2;4*-1. The quantitative estimate of drug-likeness (QED) is 0.477. The summed E-state index contributed by atoms with van der Waals surface area (Å²) >= 11 is 19.9. The van der Waals surface area contributed by atoms with E-state index in [1.807, 2.05) is 0 Å². The van der Waals surface area contributed by atoms with Crippen molar-refractivity contribution in [2.45, 2.75) is 0 Å². The molecular weight excluding hydrogens is 305 g/mol. The van der Waals surface area contributed by atoms with Crippen LogP contribution in [0.3, 0.4) is 0 Å². The van der Waals surface area contributed by atoms with Gasteiger partial charge in [-0.25, -0.2) is 0 Å². The summed E-state index contributed by atoms with van der Waals surface area (Å²) in [5.74, 6) is 0. The largest absolute Gasteiger partial charge is 2.00 e. The summed E-state index contributed by atoms with van der Waals surface area (Å²) in [6, 6.07) is 0. The third-order valence-electron chi connectivity index (χ3n) is 0. The molecule has 9 heavy (non-hydrogen) atoms. The van der Waals surface area contributed by atoms with E-state index >= 15 is 0 Å². The van der Waals surface area contributed by atoms with Gasteiger partial charge in [0.25, 0.3) is 0 Å². The van der Waals surface area contributed by atoms with E-state index in [0.717, 1.165) is 0 Å². The van der Waals surface area contributed by atoms with Gasteiger partial charge in [0, 0.05) is 0 Å². The van der Waals surface area contributed by atoms with Crippen molar-refractivity contribution in [2.24, 2.45) is 0 Å². The monoisotopic (exact) mass is 308 g/mol. The normalized spacial score (nSPS) is 6.67. The molecule has 0 heterocycles. The second-order valence-electron chi connectivity index (χ2n) is 0.429. The minimum absolute atomic E-state index is 0. The first-order chi connectivity index (χ1) is 2.00. The molecule has 0 aliphatic rings. The Morgan fingerprint density at radius 3 is 0.889 bits per heavy atom. The van der Waals surface area contributed by atoms with Crippen LogP contribution in [-0.2, 0) is 0 Å². The summed E-state index contributed by atoms with van der Waals surface area (Å²) in [6.07, 6.45) is 0. The van der Waals surface area contributed by atoms with Gasteiger partial charge >= 0.3 is 66.1 Å². The van der Waals surface area contributed by atoms with Crippen LogP contribution in [-0.4, -0.2) is 66.1 Å². The Morgan fingerprint density at radius 2 is 0.889 bits per heavy atom. The van der Waals surface area contributed by atoms with Gasteiger partial charge in [-0.2, -0.15) is 0 Å². The topological polar surface area (TPSA) is 0 Å². The summed E-state index contributed by atoms with van der Waals surface area (Å²) in [5.41, 5.74) is 0. The average molecular weight is 311 g/mol. The molecule has 0 aliphatic heterocycles. The van der Waals surface area contributed by atoms with Crippen molar-refractivity contribution in [1.29, 1.82) is 0 Å². The molecule has 0 N–H and O–H groups in total. The Bertz CT molecular complexity index is 40.1. The van der Waals surface area contributed by atoms with E-state index in [1.165, 1.54) is 0 Å². The zero-order valence-electron chi connectivity index (χ0n) is 8.24. The van der Waals surface area contributed by atoms with Crippen LogP contribution >= 0.6 is 69.1 Å². The molecule has 0 amide bonds. The van der Waals surface area contributed by atoms with E-state index in [-0.39, 0.29) is 91.3 Å². The van der Waals surface area contributed by atoms with Gasteiger partial charge < -0.3 is 5.71 Å². The maximum atomic E-state index is 4.97. The van der Waals surface area contributed by atoms with Crippen LogP contribution < -0.4 is 0 Å². The minimum Gasteiger partial charge on any atom is -1.00 e. The molecule has 0 rings (SSSR count). The van der Waals surface area contributed by atoms with E-state index < -0.39 is 5.31 Å². The fourth-order valence-corrected chi connectivity index (χ4v) is 0. The van der Waals surface area contributed by atoms with Gasteiger partial charge in [0.05, 0.1) is 0 Å². The number of hydrogen-bond donors (Lipinski definition) is 0. The second kappa shape index (κ2) is 14.5. The van der Waals surface area contributed by atoms with Gasteiger partial charge in [0.15, 0.2) is 0 Å². The first-order valence-electron chi connectivity index (χ1n) is 0.756. The average Bonchev–Trinajstić information content (AvgIpc) is 0.722. The SMILES string of the molecule is Cl.Cl.Cl[Si](Cl)(Cl)Cl.[Ca+2].[H-].[H-].[H-].[H-].[Mg+2]. The molecule has 0 fully saturated rings. The summed E-state index contributed by atoms with van der Waals surface area (Å²) in [5, 5.41) is -2.72. The van der Waals surface area contributed by atoms with Crippen LogP contribution in [0.15, 0.2) is 0 Å². The van der Waals surface area contributed by atoms with Crippen LogP contribution in [0.2, 0.25) is 0 Å². The zero-order valence-corrected chi connectivity index (χ0v) is 13.5. The van der Waals surface area contributed by atoms with Gasteiger partial charge in [0.2, 0.25) is 0 Å². The molecule has 0 aromatic rings. The fourth-order valence-electron chi connectivity index (χ4n) is 0. The van der Waals surface area contributed by atoms with Crippen LogP contribution in [0.5, 0.6) is 0 Å². The molecule has 0 spiro atoms. The molecule has 0 saturated carbocycles. The fraction of sp³-hybridized carbons (Fsp3) is 0. The van der Waals surface area contributed by atoms with Crippen LogP contribution in [0.1, 0.15) is 5.71 Å². The molecule has 0 unspecified atom stereocenters. The molecule has 0 bridgehead atoms. The summed E-state index contributed by atoms with van der Waals surface area (Å²) in [6.45, 7) is 0. The van der Waals surface area contributed by atoms with Gasteiger partial charge in [0.1, 0.15) is 0 Å². The molecule has 0 saturated heterocycles. The van der Waals surface area contributed by atoms with Crippen molar-refractivity contribution in [1.82, 2.24) is 0 Å². The first-order valence-corrected chi connectivity index (χ1v) is 6.80. The van der Waals surface area contributed by atoms with Crippen LogP contribution in [0, 0.1) is 0 Å². The van der Waals surface area contributed by atoms with Gasteiger partial charge in [-0.3, -0.25) is 0 Å². The Labute approximate surface area is 138 Å². The Kier molecular flexibility index (Phi) is 47.1. The Hall–Kier alpha value is 3.98. The molecule has 56 valence electrons. The smallest absolute Gasteiger partial charge is 1.00 e. The van der Waals surface area contributed by atoms with Crippen molar-refractivity contribution < 1.29 is 5.71 Å². The molecule has 0 aromatic heterocycles. The molecule has 0 radical (unpaired) electrons. The van der Waals surface area contributed by atoms with Crippen molar-refractivity contribution in [3.8, 4) is 0 Å². The molecule has 0 aromatic carbocycles. The predicted molar refractivity (Wildman–Crippen MR) is 59.6 cm³/mol. The van der Waals surface area contributed by atoms with Crippen molar-refractivity contribution in [3.05, 3.63) is 0 Å². The predicted octanol–water partition coefficient (Wildman–Crippen LogP) is 2.91. The van der Waals surface area contributed by atoms with E-state index in [2.05, 4.69) is 0 Å². The van der Waals surface area contributed by atoms with Crippen molar-refractivity contribution in [3.63, 3.8) is 0 Å². The molecule has 0 nitrogen and oxygen atoms in total. The maximum absolute atomic E-state index is 4.97. The molecule has 0 atom stereocenters. The second-order valence-corrected chi connectivity index (χ2v) is 11.6. The van der Waals surface area contributed by atoms with Gasteiger partial charge in [-0.15, -0.1) is 69.1 Å². The Morgan fingerprint density at radius 1 is 0.889 bits per heavy atom. The zero-order chi connectivity index (χ0) is 4.50. The van der Waals surface area contributed by atoms with Crippen molar-refractivity contribution in [2.75, 3.05) is 0 Å². The Balaban J connectivity index is -0.00000000286. The number of rotatable bonds is 0. The third-order valence-corrected chi connectivity index (χ3v) is 0. The maximum Gasteiger partial charge on any atom is 2.00 e. The number of halogens is 6. The molecular formula is H6CaCl6MgSi. The van der Waals surface area contributed by atoms with E-state index in [1.54, 1.807) is 0 Å². The van der Waals surface area contributed by atoms with E-state index in [0.29, 0.717) is 0 Å². The summed E-state index contributed by atoms with van der Waals surface area (Å²) in [4.78, 5) is 0. The molecule has 9 heteroatoms. The molecule has 0 aliphatic carbocycles. The van der Waals surface area contributed by atoms with Crippen LogP contribution in [0.25, 0.3) is 0 Å². The number of hydrogen-bond acceptors (Lipinski definition) is 0. The van der Waals surface area contributed by atoms with Gasteiger partial charge in [-0.05, 0) is 0 Å². The van der Waals surface area contributed by atoms with Gasteiger partial charge in [-0.1, -0.05) is 0 Å². The van der Waals surface area contributed by atoms with Crippen LogP contribution in [0.4, 0.5) is 0 Å². The summed E-state index contributed by atoms with van der Waals surface area (Å²) in [7, 11) is 0. The first kappa shape index (κ1) is 29.3. The minimum atomic E-state index is -2.72. The summed E-state index contributed by atoms with van der Waals surface area (Å²) < 4.78 is 0. The third kappa shape index (κ3) is 75.3.